The molecule has 2 aromatic rings. The predicted octanol–water partition coefficient (Wildman–Crippen LogP) is 1.84. The Morgan fingerprint density at radius 1 is 1.11 bits per heavy atom. The van der Waals surface area contributed by atoms with E-state index in [1.165, 1.54) is 0 Å². The first-order valence-corrected chi connectivity index (χ1v) is 5.77. The van der Waals surface area contributed by atoms with Gasteiger partial charge in [0.15, 0.2) is 6.29 Å². The Balaban J connectivity index is 1.88. The van der Waals surface area contributed by atoms with E-state index in [9.17, 15) is 0 Å². The number of methoxy groups -OCH3 is 2. The number of ether oxygens (including phenoxy) is 2. The molecule has 102 valence electrons. The monoisotopic (exact) mass is 264 g/mol. The summed E-state index contributed by atoms with van der Waals surface area (Å²) in [5.74, 6) is 0. The number of aromatic nitrogens is 2. The minimum absolute atomic E-state index is 0.303. The molecule has 7 nitrogen and oxygen atoms in total. The molecule has 0 atom stereocenters. The molecule has 0 saturated carbocycles. The van der Waals surface area contributed by atoms with Gasteiger partial charge in [-0.15, -0.1) is 0 Å². The third kappa shape index (κ3) is 3.94. The summed E-state index contributed by atoms with van der Waals surface area (Å²) in [7, 11) is 3.12. The molecular weight excluding hydrogens is 248 g/mol. The zero-order chi connectivity index (χ0) is 13.5. The molecular formula is C12H16N4O3. The average Bonchev–Trinajstić information content (AvgIpc) is 2.89. The summed E-state index contributed by atoms with van der Waals surface area (Å²) in [5, 5.41) is 13.6. The van der Waals surface area contributed by atoms with Gasteiger partial charge < -0.3 is 24.5 Å². The van der Waals surface area contributed by atoms with E-state index in [0.29, 0.717) is 18.6 Å². The van der Waals surface area contributed by atoms with Crippen molar-refractivity contribution in [3.05, 3.63) is 30.3 Å². The van der Waals surface area contributed by atoms with Crippen LogP contribution in [-0.4, -0.2) is 37.3 Å². The van der Waals surface area contributed by atoms with Gasteiger partial charge in [0, 0.05) is 19.9 Å². The largest absolute Gasteiger partial charge is 0.389 e. The SMILES string of the molecule is COC(CNc1nnc(Nc2ccccc2)o1)OC. The topological polar surface area (TPSA) is 81.4 Å². The Morgan fingerprint density at radius 2 is 1.79 bits per heavy atom. The van der Waals surface area contributed by atoms with Crippen molar-refractivity contribution in [1.82, 2.24) is 10.2 Å². The zero-order valence-electron chi connectivity index (χ0n) is 10.8. The summed E-state index contributed by atoms with van der Waals surface area (Å²) in [6.07, 6.45) is -0.363. The van der Waals surface area contributed by atoms with Gasteiger partial charge in [-0.05, 0) is 12.1 Å². The van der Waals surface area contributed by atoms with Crippen LogP contribution in [0.15, 0.2) is 34.7 Å². The molecule has 2 N–H and O–H groups in total. The quantitative estimate of drug-likeness (QED) is 0.738. The van der Waals surface area contributed by atoms with Gasteiger partial charge in [-0.3, -0.25) is 0 Å². The fourth-order valence-electron chi connectivity index (χ4n) is 1.42. The molecule has 0 aliphatic rings. The number of para-hydroxylation sites is 1. The van der Waals surface area contributed by atoms with E-state index in [4.69, 9.17) is 13.9 Å². The van der Waals surface area contributed by atoms with Crippen LogP contribution in [0.2, 0.25) is 0 Å². The molecule has 2 rings (SSSR count). The summed E-state index contributed by atoms with van der Waals surface area (Å²) in [6.45, 7) is 0.417. The average molecular weight is 264 g/mol. The number of rotatable bonds is 7. The Kier molecular flexibility index (Phi) is 4.71. The van der Waals surface area contributed by atoms with Gasteiger partial charge in [0.2, 0.25) is 0 Å². The van der Waals surface area contributed by atoms with Gasteiger partial charge in [0.25, 0.3) is 0 Å². The van der Waals surface area contributed by atoms with Gasteiger partial charge in [0.05, 0.1) is 6.54 Å². The van der Waals surface area contributed by atoms with Crippen LogP contribution in [0.4, 0.5) is 17.7 Å². The number of hydrogen-bond donors (Lipinski definition) is 2. The van der Waals surface area contributed by atoms with Crippen molar-refractivity contribution >= 4 is 17.7 Å². The van der Waals surface area contributed by atoms with E-state index in [0.717, 1.165) is 5.69 Å². The Bertz CT molecular complexity index is 485. The van der Waals surface area contributed by atoms with E-state index in [2.05, 4.69) is 20.8 Å². The molecule has 0 fully saturated rings. The third-order valence-electron chi connectivity index (χ3n) is 2.40. The van der Waals surface area contributed by atoms with Gasteiger partial charge in [-0.1, -0.05) is 28.4 Å². The standard InChI is InChI=1S/C12H16N4O3/c1-17-10(18-2)8-13-11-15-16-12(19-11)14-9-6-4-3-5-7-9/h3-7,10H,8H2,1-2H3,(H,13,15)(H,14,16). The van der Waals surface area contributed by atoms with Crippen LogP contribution in [0.5, 0.6) is 0 Å². The van der Waals surface area contributed by atoms with Gasteiger partial charge in [-0.25, -0.2) is 0 Å². The fourth-order valence-corrected chi connectivity index (χ4v) is 1.42. The van der Waals surface area contributed by atoms with E-state index in [1.54, 1.807) is 14.2 Å². The lowest BCUT2D eigenvalue weighted by atomic mass is 10.3. The Labute approximate surface area is 110 Å². The first-order valence-electron chi connectivity index (χ1n) is 5.77. The van der Waals surface area contributed by atoms with Crippen molar-refractivity contribution in [1.29, 1.82) is 0 Å². The smallest absolute Gasteiger partial charge is 0.321 e. The molecule has 0 saturated heterocycles. The summed E-state index contributed by atoms with van der Waals surface area (Å²) in [6, 6.07) is 10.2. The fraction of sp³-hybridized carbons (Fsp3) is 0.333. The maximum Gasteiger partial charge on any atom is 0.321 e. The second-order valence-corrected chi connectivity index (χ2v) is 3.69. The molecule has 0 unspecified atom stereocenters. The molecule has 7 heteroatoms. The third-order valence-corrected chi connectivity index (χ3v) is 2.40. The summed E-state index contributed by atoms with van der Waals surface area (Å²) in [4.78, 5) is 0. The van der Waals surface area contributed by atoms with Gasteiger partial charge in [0.1, 0.15) is 0 Å². The lowest BCUT2D eigenvalue weighted by Crippen LogP contribution is -2.23. The highest BCUT2D eigenvalue weighted by molar-refractivity contribution is 5.51. The van der Waals surface area contributed by atoms with Crippen molar-refractivity contribution in [2.24, 2.45) is 0 Å². The van der Waals surface area contributed by atoms with Crippen LogP contribution >= 0.6 is 0 Å². The molecule has 1 aromatic carbocycles. The first kappa shape index (κ1) is 13.3. The van der Waals surface area contributed by atoms with Crippen molar-refractivity contribution in [2.75, 3.05) is 31.4 Å². The van der Waals surface area contributed by atoms with Crippen LogP contribution in [0.25, 0.3) is 0 Å². The minimum Gasteiger partial charge on any atom is -0.389 e. The van der Waals surface area contributed by atoms with Crippen LogP contribution in [0, 0.1) is 0 Å². The molecule has 0 radical (unpaired) electrons. The Morgan fingerprint density at radius 3 is 2.47 bits per heavy atom. The van der Waals surface area contributed by atoms with E-state index < -0.39 is 0 Å². The van der Waals surface area contributed by atoms with Crippen LogP contribution < -0.4 is 10.6 Å². The second-order valence-electron chi connectivity index (χ2n) is 3.69. The minimum atomic E-state index is -0.363. The maximum atomic E-state index is 5.37. The molecule has 0 aliphatic carbocycles. The molecule has 0 spiro atoms. The van der Waals surface area contributed by atoms with Crippen molar-refractivity contribution in [3.8, 4) is 0 Å². The van der Waals surface area contributed by atoms with Crippen molar-refractivity contribution in [3.63, 3.8) is 0 Å². The summed E-state index contributed by atoms with van der Waals surface area (Å²) >= 11 is 0. The number of hydrogen-bond acceptors (Lipinski definition) is 7. The summed E-state index contributed by atoms with van der Waals surface area (Å²) in [5.41, 5.74) is 0.879. The van der Waals surface area contributed by atoms with Crippen LogP contribution in [0.1, 0.15) is 0 Å². The predicted molar refractivity (Wildman–Crippen MR) is 70.3 cm³/mol. The molecule has 19 heavy (non-hydrogen) atoms. The number of nitrogens with one attached hydrogen (secondary N) is 2. The molecule has 0 aliphatic heterocycles. The second kappa shape index (κ2) is 6.72. The molecule has 0 bridgehead atoms. The normalized spacial score (nSPS) is 10.7. The highest BCUT2D eigenvalue weighted by Crippen LogP contribution is 2.16. The first-order chi connectivity index (χ1) is 9.31. The van der Waals surface area contributed by atoms with Crippen LogP contribution in [-0.2, 0) is 9.47 Å². The Hall–Kier alpha value is -2.12. The lowest BCUT2D eigenvalue weighted by Gasteiger charge is -2.12. The number of anilines is 3. The number of nitrogens with zero attached hydrogens (tertiary/aromatic N) is 2. The van der Waals surface area contributed by atoms with Crippen molar-refractivity contribution in [2.45, 2.75) is 6.29 Å². The van der Waals surface area contributed by atoms with Crippen LogP contribution in [0.3, 0.4) is 0 Å². The van der Waals surface area contributed by atoms with Gasteiger partial charge in [-0.2, -0.15) is 0 Å². The number of benzene rings is 1. The maximum absolute atomic E-state index is 5.37. The van der Waals surface area contributed by atoms with Crippen molar-refractivity contribution < 1.29 is 13.9 Å². The highest BCUT2D eigenvalue weighted by Gasteiger charge is 2.09. The lowest BCUT2D eigenvalue weighted by molar-refractivity contribution is -0.0916. The van der Waals surface area contributed by atoms with E-state index in [1.807, 2.05) is 30.3 Å². The molecule has 1 aromatic heterocycles. The molecule has 1 heterocycles. The van der Waals surface area contributed by atoms with E-state index in [-0.39, 0.29) is 6.29 Å². The summed E-state index contributed by atoms with van der Waals surface area (Å²) < 4.78 is 15.4. The zero-order valence-corrected chi connectivity index (χ0v) is 10.8. The molecule has 0 amide bonds. The van der Waals surface area contributed by atoms with Gasteiger partial charge >= 0.3 is 12.0 Å². The highest BCUT2D eigenvalue weighted by atomic mass is 16.7. The van der Waals surface area contributed by atoms with E-state index >= 15 is 0 Å².